The highest BCUT2D eigenvalue weighted by molar-refractivity contribution is 8.00. The lowest BCUT2D eigenvalue weighted by atomic mass is 10.1. The second kappa shape index (κ2) is 8.87. The number of fused-ring (bicyclic) bond motifs is 1. The molecule has 1 amide bonds. The first-order valence-electron chi connectivity index (χ1n) is 9.07. The number of amides is 1. The van der Waals surface area contributed by atoms with Gasteiger partial charge in [-0.05, 0) is 37.0 Å². The first-order chi connectivity index (χ1) is 13.3. The van der Waals surface area contributed by atoms with Crippen molar-refractivity contribution in [1.29, 1.82) is 0 Å². The van der Waals surface area contributed by atoms with E-state index in [1.807, 2.05) is 5.38 Å². The van der Waals surface area contributed by atoms with E-state index in [2.05, 4.69) is 29.1 Å². The molecule has 2 heterocycles. The Balaban J connectivity index is 1.78. The molecular formula is C20H22FN3O2S2. The molecule has 0 fully saturated rings. The maximum Gasteiger partial charge on any atom is 0.260 e. The van der Waals surface area contributed by atoms with E-state index in [1.165, 1.54) is 35.2 Å². The second-order valence-electron chi connectivity index (χ2n) is 6.94. The van der Waals surface area contributed by atoms with Crippen LogP contribution >= 0.6 is 23.1 Å². The zero-order chi connectivity index (χ0) is 20.3. The Hall–Kier alpha value is -2.19. The molecule has 8 heteroatoms. The van der Waals surface area contributed by atoms with Gasteiger partial charge in [-0.15, -0.1) is 11.3 Å². The molecule has 0 radical (unpaired) electrons. The summed E-state index contributed by atoms with van der Waals surface area (Å²) in [5.41, 5.74) is 1.23. The lowest BCUT2D eigenvalue weighted by Gasteiger charge is -2.12. The molecule has 148 valence electrons. The highest BCUT2D eigenvalue weighted by Crippen LogP contribution is 2.32. The van der Waals surface area contributed by atoms with E-state index in [1.54, 1.807) is 19.1 Å². The molecule has 2 aromatic heterocycles. The fourth-order valence-electron chi connectivity index (χ4n) is 2.68. The Bertz CT molecular complexity index is 1030. The van der Waals surface area contributed by atoms with Gasteiger partial charge in [0.2, 0.25) is 5.91 Å². The number of nitrogens with one attached hydrogen (secondary N) is 2. The highest BCUT2D eigenvalue weighted by Gasteiger charge is 2.18. The zero-order valence-electron chi connectivity index (χ0n) is 15.9. The third kappa shape index (κ3) is 4.80. The topological polar surface area (TPSA) is 74.8 Å². The average molecular weight is 420 g/mol. The van der Waals surface area contributed by atoms with Crippen LogP contribution in [-0.2, 0) is 4.79 Å². The second-order valence-corrected chi connectivity index (χ2v) is 9.13. The predicted molar refractivity (Wildman–Crippen MR) is 113 cm³/mol. The summed E-state index contributed by atoms with van der Waals surface area (Å²) in [4.78, 5) is 32.7. The Morgan fingerprint density at radius 1 is 1.29 bits per heavy atom. The van der Waals surface area contributed by atoms with E-state index in [0.29, 0.717) is 27.8 Å². The largest absolute Gasteiger partial charge is 0.355 e. The van der Waals surface area contributed by atoms with Gasteiger partial charge in [0.1, 0.15) is 10.6 Å². The van der Waals surface area contributed by atoms with Crippen LogP contribution < -0.4 is 10.9 Å². The Labute approximate surface area is 170 Å². The monoisotopic (exact) mass is 419 g/mol. The number of carbonyl (C=O) groups excluding carboxylic acids is 1. The summed E-state index contributed by atoms with van der Waals surface area (Å²) in [5, 5.41) is 5.28. The summed E-state index contributed by atoms with van der Waals surface area (Å²) in [5.74, 6) is 0.124. The molecule has 0 saturated heterocycles. The number of nitrogens with zero attached hydrogens (tertiary/aromatic N) is 1. The van der Waals surface area contributed by atoms with Gasteiger partial charge < -0.3 is 10.3 Å². The number of thiophene rings is 1. The van der Waals surface area contributed by atoms with Gasteiger partial charge in [-0.2, -0.15) is 0 Å². The van der Waals surface area contributed by atoms with Crippen molar-refractivity contribution in [3.8, 4) is 11.1 Å². The normalized spacial score (nSPS) is 12.5. The van der Waals surface area contributed by atoms with Crippen LogP contribution in [0, 0.1) is 11.7 Å². The molecule has 3 rings (SSSR count). The van der Waals surface area contributed by atoms with Gasteiger partial charge >= 0.3 is 0 Å². The summed E-state index contributed by atoms with van der Waals surface area (Å²) in [7, 11) is 0. The summed E-state index contributed by atoms with van der Waals surface area (Å²) < 4.78 is 13.2. The lowest BCUT2D eigenvalue weighted by Crippen LogP contribution is -2.32. The summed E-state index contributed by atoms with van der Waals surface area (Å²) in [6.45, 7) is 6.64. The van der Waals surface area contributed by atoms with Crippen LogP contribution in [0.5, 0.6) is 0 Å². The molecule has 1 atom stereocenters. The molecule has 0 saturated carbocycles. The molecule has 1 unspecified atom stereocenters. The van der Waals surface area contributed by atoms with E-state index in [0.717, 1.165) is 17.5 Å². The zero-order valence-corrected chi connectivity index (χ0v) is 17.5. The molecule has 2 N–H and O–H groups in total. The first kappa shape index (κ1) is 20.5. The Morgan fingerprint density at radius 3 is 2.68 bits per heavy atom. The minimum atomic E-state index is -0.371. The molecule has 28 heavy (non-hydrogen) atoms. The number of hydrogen-bond donors (Lipinski definition) is 2. The number of aromatic nitrogens is 2. The average Bonchev–Trinajstić information content (AvgIpc) is 3.06. The van der Waals surface area contributed by atoms with Crippen LogP contribution in [0.4, 0.5) is 4.39 Å². The summed E-state index contributed by atoms with van der Waals surface area (Å²) >= 11 is 2.58. The van der Waals surface area contributed by atoms with Gasteiger partial charge in [-0.1, -0.05) is 37.7 Å². The number of benzene rings is 1. The Morgan fingerprint density at radius 2 is 2.00 bits per heavy atom. The number of thioether (sulfide) groups is 1. The number of halogens is 1. The first-order valence-corrected chi connectivity index (χ1v) is 10.8. The van der Waals surface area contributed by atoms with Crippen molar-refractivity contribution in [2.75, 3.05) is 6.54 Å². The molecule has 0 spiro atoms. The minimum absolute atomic E-state index is 0.0772. The summed E-state index contributed by atoms with van der Waals surface area (Å²) in [6.07, 6.45) is 0.922. The van der Waals surface area contributed by atoms with Gasteiger partial charge in [0.05, 0.1) is 10.6 Å². The smallest absolute Gasteiger partial charge is 0.260 e. The van der Waals surface area contributed by atoms with Crippen molar-refractivity contribution < 1.29 is 9.18 Å². The van der Waals surface area contributed by atoms with Crippen LogP contribution in [0.3, 0.4) is 0 Å². The number of hydrogen-bond acceptors (Lipinski definition) is 5. The molecule has 0 aliphatic rings. The van der Waals surface area contributed by atoms with E-state index in [4.69, 9.17) is 0 Å². The van der Waals surface area contributed by atoms with Gasteiger partial charge in [0.25, 0.3) is 5.56 Å². The minimum Gasteiger partial charge on any atom is -0.355 e. The maximum atomic E-state index is 13.2. The third-order valence-corrected chi connectivity index (χ3v) is 6.11. The quantitative estimate of drug-likeness (QED) is 0.439. The highest BCUT2D eigenvalue weighted by atomic mass is 32.2. The van der Waals surface area contributed by atoms with Gasteiger partial charge in [0.15, 0.2) is 5.16 Å². The molecule has 3 aromatic rings. The van der Waals surface area contributed by atoms with Crippen molar-refractivity contribution in [3.63, 3.8) is 0 Å². The van der Waals surface area contributed by atoms with Crippen LogP contribution in [-0.4, -0.2) is 27.7 Å². The van der Waals surface area contributed by atoms with Gasteiger partial charge in [0, 0.05) is 17.5 Å². The van der Waals surface area contributed by atoms with E-state index in [-0.39, 0.29) is 22.5 Å². The van der Waals surface area contributed by atoms with Crippen LogP contribution in [0.15, 0.2) is 39.6 Å². The number of carbonyl (C=O) groups is 1. The van der Waals surface area contributed by atoms with E-state index >= 15 is 0 Å². The number of H-pyrrole nitrogens is 1. The standard InChI is InChI=1S/C20H22FN3O2S2/c1-11(2)8-9-22-17(25)12(3)28-20-23-18(26)16-15(10-27-19(16)24-20)13-4-6-14(21)7-5-13/h4-7,10-12H,8-9H2,1-3H3,(H,22,25)(H,23,24,26). The van der Waals surface area contributed by atoms with Crippen LogP contribution in [0.2, 0.25) is 0 Å². The maximum absolute atomic E-state index is 13.2. The molecule has 5 nitrogen and oxygen atoms in total. The van der Waals surface area contributed by atoms with Crippen molar-refractivity contribution in [2.24, 2.45) is 5.92 Å². The molecular weight excluding hydrogens is 397 g/mol. The number of aromatic amines is 1. The fourth-order valence-corrected chi connectivity index (χ4v) is 4.50. The number of rotatable bonds is 7. The van der Waals surface area contributed by atoms with Crippen LogP contribution in [0.25, 0.3) is 21.3 Å². The van der Waals surface area contributed by atoms with E-state index in [9.17, 15) is 14.0 Å². The molecule has 0 bridgehead atoms. The molecule has 0 aliphatic heterocycles. The van der Waals surface area contributed by atoms with Crippen molar-refractivity contribution in [2.45, 2.75) is 37.6 Å². The Kier molecular flexibility index (Phi) is 6.51. The van der Waals surface area contributed by atoms with Crippen LogP contribution in [0.1, 0.15) is 27.2 Å². The SMILES string of the molecule is CC(C)CCNC(=O)C(C)Sc1nc2scc(-c3ccc(F)cc3)c2c(=O)[nH]1. The van der Waals surface area contributed by atoms with Gasteiger partial charge in [-0.3, -0.25) is 9.59 Å². The van der Waals surface area contributed by atoms with Crippen molar-refractivity contribution in [3.05, 3.63) is 45.8 Å². The molecule has 1 aromatic carbocycles. The predicted octanol–water partition coefficient (Wildman–Crippen LogP) is 4.43. The summed E-state index contributed by atoms with van der Waals surface area (Å²) in [6, 6.07) is 6.01. The van der Waals surface area contributed by atoms with Crippen molar-refractivity contribution in [1.82, 2.24) is 15.3 Å². The van der Waals surface area contributed by atoms with E-state index < -0.39 is 0 Å². The lowest BCUT2D eigenvalue weighted by molar-refractivity contribution is -0.120. The van der Waals surface area contributed by atoms with Crippen molar-refractivity contribution >= 4 is 39.2 Å². The van der Waals surface area contributed by atoms with Gasteiger partial charge in [-0.25, -0.2) is 9.37 Å². The molecule has 0 aliphatic carbocycles. The fraction of sp³-hybridized carbons (Fsp3) is 0.350. The third-order valence-electron chi connectivity index (χ3n) is 4.26.